The molecule has 1 aromatic carbocycles. The number of thiocarbonyl (C=S) groups is 1. The summed E-state index contributed by atoms with van der Waals surface area (Å²) in [6, 6.07) is 9.01. The lowest BCUT2D eigenvalue weighted by Gasteiger charge is -2.06. The van der Waals surface area contributed by atoms with Gasteiger partial charge in [0, 0.05) is 4.86 Å². The molecule has 4 heteroatoms. The van der Waals surface area contributed by atoms with Crippen molar-refractivity contribution in [2.75, 3.05) is 0 Å². The van der Waals surface area contributed by atoms with Gasteiger partial charge in [-0.3, -0.25) is 4.79 Å². The van der Waals surface area contributed by atoms with Crippen LogP contribution in [0.3, 0.4) is 0 Å². The smallest absolute Gasteiger partial charge is 0.321 e. The summed E-state index contributed by atoms with van der Waals surface area (Å²) in [6.45, 7) is 0. The van der Waals surface area contributed by atoms with Gasteiger partial charge in [-0.05, 0) is 5.56 Å². The van der Waals surface area contributed by atoms with Gasteiger partial charge in [-0.25, -0.2) is 0 Å². The molecule has 0 spiro atoms. The zero-order valence-electron chi connectivity index (χ0n) is 6.68. The number of benzene rings is 1. The molecule has 1 aromatic rings. The third kappa shape index (κ3) is 2.54. The molecule has 0 aromatic heterocycles. The average molecular weight is 212 g/mol. The van der Waals surface area contributed by atoms with Crippen LogP contribution in [0.25, 0.3) is 0 Å². The molecule has 0 bridgehead atoms. The molecular formula is C9H8O2S2. The summed E-state index contributed by atoms with van der Waals surface area (Å²) >= 11 is 8.85. The Labute approximate surface area is 87.0 Å². The van der Waals surface area contributed by atoms with E-state index in [9.17, 15) is 4.79 Å². The predicted molar refractivity (Wildman–Crippen MR) is 58.6 cm³/mol. The van der Waals surface area contributed by atoms with Gasteiger partial charge >= 0.3 is 5.97 Å². The molecule has 1 unspecified atom stereocenters. The number of thiol groups is 1. The summed E-state index contributed by atoms with van der Waals surface area (Å²) in [5, 5.41) is 7.74. The van der Waals surface area contributed by atoms with E-state index in [1.807, 2.05) is 18.2 Å². The van der Waals surface area contributed by atoms with E-state index in [1.54, 1.807) is 12.1 Å². The zero-order valence-corrected chi connectivity index (χ0v) is 8.39. The Bertz CT molecular complexity index is 322. The fourth-order valence-electron chi connectivity index (χ4n) is 0.872. The Kier molecular flexibility index (Phi) is 3.45. The summed E-state index contributed by atoms with van der Waals surface area (Å²) in [5.41, 5.74) is 0.736. The zero-order chi connectivity index (χ0) is 9.84. The molecule has 2 nitrogen and oxygen atoms in total. The fraction of sp³-hybridized carbons (Fsp3) is 0.111. The third-order valence-corrected chi connectivity index (χ3v) is 2.67. The summed E-state index contributed by atoms with van der Waals surface area (Å²) in [7, 11) is 0. The summed E-state index contributed by atoms with van der Waals surface area (Å²) in [6.07, 6.45) is 0. The topological polar surface area (TPSA) is 37.3 Å². The molecular weight excluding hydrogens is 204 g/mol. The van der Waals surface area contributed by atoms with E-state index in [-0.39, 0.29) is 0 Å². The molecule has 0 aliphatic heterocycles. The highest BCUT2D eigenvalue weighted by molar-refractivity contribution is 7.87. The molecule has 0 heterocycles. The lowest BCUT2D eigenvalue weighted by atomic mass is 10.1. The maximum Gasteiger partial charge on any atom is 0.321 e. The first kappa shape index (κ1) is 10.2. The average Bonchev–Trinajstić information content (AvgIpc) is 2.17. The number of carbonyl (C=O) groups is 1. The van der Waals surface area contributed by atoms with Crippen molar-refractivity contribution in [2.24, 2.45) is 0 Å². The van der Waals surface area contributed by atoms with Crippen molar-refractivity contribution in [2.45, 2.75) is 5.25 Å². The van der Waals surface area contributed by atoms with Crippen LogP contribution >= 0.6 is 24.8 Å². The van der Waals surface area contributed by atoms with Crippen molar-refractivity contribution in [1.29, 1.82) is 0 Å². The second-order valence-corrected chi connectivity index (χ2v) is 3.43. The van der Waals surface area contributed by atoms with Crippen LogP contribution in [0, 0.1) is 0 Å². The molecule has 0 aliphatic carbocycles. The van der Waals surface area contributed by atoms with Gasteiger partial charge in [0.2, 0.25) is 0 Å². The number of hydrogen-bond acceptors (Lipinski definition) is 3. The van der Waals surface area contributed by atoms with Crippen molar-refractivity contribution in [3.05, 3.63) is 35.9 Å². The lowest BCUT2D eigenvalue weighted by Crippen LogP contribution is -2.23. The lowest BCUT2D eigenvalue weighted by molar-refractivity contribution is -0.135. The Morgan fingerprint density at radius 1 is 1.38 bits per heavy atom. The van der Waals surface area contributed by atoms with Gasteiger partial charge in [0.15, 0.2) is 0 Å². The minimum Gasteiger partial charge on any atom is -0.480 e. The Hall–Kier alpha value is -0.870. The van der Waals surface area contributed by atoms with Crippen molar-refractivity contribution in [3.8, 4) is 0 Å². The molecule has 0 saturated heterocycles. The summed E-state index contributed by atoms with van der Waals surface area (Å²) < 4.78 is 0. The van der Waals surface area contributed by atoms with Crippen molar-refractivity contribution in [1.82, 2.24) is 0 Å². The van der Waals surface area contributed by atoms with Gasteiger partial charge in [-0.15, -0.1) is 0 Å². The molecule has 1 atom stereocenters. The van der Waals surface area contributed by atoms with E-state index in [0.717, 1.165) is 5.56 Å². The number of carboxylic acid groups (broad SMARTS) is 1. The van der Waals surface area contributed by atoms with Crippen molar-refractivity contribution < 1.29 is 9.90 Å². The standard InChI is InChI=1S/C9H8O2S2/c10-9(11)8(13)7(12)6-4-2-1-3-5-6/h1-5,8,13H,(H,10,11). The van der Waals surface area contributed by atoms with Gasteiger partial charge in [-0.1, -0.05) is 42.5 Å². The van der Waals surface area contributed by atoms with Crippen LogP contribution in [0.4, 0.5) is 0 Å². The first-order valence-corrected chi connectivity index (χ1v) is 4.55. The molecule has 0 aliphatic rings. The SMILES string of the molecule is O=C(O)C(S)C(=S)c1ccccc1. The molecule has 0 amide bonds. The first-order valence-electron chi connectivity index (χ1n) is 3.63. The number of carboxylic acids is 1. The monoisotopic (exact) mass is 212 g/mol. The maximum atomic E-state index is 10.6. The molecule has 0 radical (unpaired) electrons. The second kappa shape index (κ2) is 4.39. The maximum absolute atomic E-state index is 10.6. The number of hydrogen-bond donors (Lipinski definition) is 2. The van der Waals surface area contributed by atoms with E-state index >= 15 is 0 Å². The number of aliphatic carboxylic acids is 1. The van der Waals surface area contributed by atoms with Crippen LogP contribution in [0.15, 0.2) is 30.3 Å². The highest BCUT2D eigenvalue weighted by Crippen LogP contribution is 2.09. The van der Waals surface area contributed by atoms with E-state index in [0.29, 0.717) is 4.86 Å². The summed E-state index contributed by atoms with van der Waals surface area (Å²) in [5.74, 6) is -1.02. The van der Waals surface area contributed by atoms with Gasteiger partial charge in [-0.2, -0.15) is 12.6 Å². The largest absolute Gasteiger partial charge is 0.480 e. The molecule has 0 fully saturated rings. The second-order valence-electron chi connectivity index (χ2n) is 2.47. The van der Waals surface area contributed by atoms with Crippen LogP contribution in [-0.2, 0) is 4.79 Å². The van der Waals surface area contributed by atoms with Crippen LogP contribution in [0.5, 0.6) is 0 Å². The van der Waals surface area contributed by atoms with Crippen LogP contribution in [0.2, 0.25) is 0 Å². The van der Waals surface area contributed by atoms with Crippen molar-refractivity contribution >= 4 is 35.7 Å². The van der Waals surface area contributed by atoms with Gasteiger partial charge in [0.05, 0.1) is 0 Å². The summed E-state index contributed by atoms with van der Waals surface area (Å²) in [4.78, 5) is 10.9. The van der Waals surface area contributed by atoms with E-state index < -0.39 is 11.2 Å². The van der Waals surface area contributed by atoms with Crippen molar-refractivity contribution in [3.63, 3.8) is 0 Å². The van der Waals surface area contributed by atoms with Crippen LogP contribution in [-0.4, -0.2) is 21.2 Å². The van der Waals surface area contributed by atoms with E-state index in [1.165, 1.54) is 0 Å². The van der Waals surface area contributed by atoms with E-state index in [2.05, 4.69) is 12.6 Å². The first-order chi connectivity index (χ1) is 6.13. The normalized spacial score (nSPS) is 12.1. The molecule has 0 saturated carbocycles. The Morgan fingerprint density at radius 2 is 1.92 bits per heavy atom. The van der Waals surface area contributed by atoms with Gasteiger partial charge < -0.3 is 5.11 Å². The quantitative estimate of drug-likeness (QED) is 0.455. The Morgan fingerprint density at radius 3 is 2.38 bits per heavy atom. The van der Waals surface area contributed by atoms with Gasteiger partial charge in [0.25, 0.3) is 0 Å². The Balaban J connectivity index is 2.86. The molecule has 13 heavy (non-hydrogen) atoms. The predicted octanol–water partition coefficient (Wildman–Crippen LogP) is 1.79. The fourth-order valence-corrected chi connectivity index (χ4v) is 1.26. The van der Waals surface area contributed by atoms with Crippen LogP contribution < -0.4 is 0 Å². The third-order valence-electron chi connectivity index (χ3n) is 1.54. The number of rotatable bonds is 3. The minimum absolute atomic E-state index is 0.344. The van der Waals surface area contributed by atoms with E-state index in [4.69, 9.17) is 17.3 Å². The molecule has 68 valence electrons. The van der Waals surface area contributed by atoms with Gasteiger partial charge in [0.1, 0.15) is 5.25 Å². The highest BCUT2D eigenvalue weighted by atomic mass is 32.1. The minimum atomic E-state index is -1.02. The molecule has 1 rings (SSSR count). The highest BCUT2D eigenvalue weighted by Gasteiger charge is 2.18. The van der Waals surface area contributed by atoms with Crippen LogP contribution in [0.1, 0.15) is 5.56 Å². The molecule has 1 N–H and O–H groups in total.